The lowest BCUT2D eigenvalue weighted by atomic mass is 10.2. The van der Waals surface area contributed by atoms with Crippen LogP contribution in [0.3, 0.4) is 0 Å². The maximum atomic E-state index is 12.9. The van der Waals surface area contributed by atoms with Crippen LogP contribution in [0.25, 0.3) is 10.9 Å². The second kappa shape index (κ2) is 7.25. The molecule has 7 heteroatoms. The normalized spacial score (nSPS) is 12.6. The molecule has 1 aromatic carbocycles. The third kappa shape index (κ3) is 3.46. The molecule has 0 aliphatic heterocycles. The largest absolute Gasteiger partial charge is 0.383 e. The number of ether oxygens (including phenoxy) is 1. The van der Waals surface area contributed by atoms with E-state index < -0.39 is 0 Å². The first kappa shape index (κ1) is 16.2. The van der Waals surface area contributed by atoms with E-state index in [1.165, 1.54) is 11.8 Å². The van der Waals surface area contributed by atoms with Crippen LogP contribution in [-0.2, 0) is 10.5 Å². The quantitative estimate of drug-likeness (QED) is 0.505. The van der Waals surface area contributed by atoms with E-state index in [2.05, 4.69) is 9.97 Å². The van der Waals surface area contributed by atoms with E-state index >= 15 is 0 Å². The molecule has 0 radical (unpaired) electrons. The van der Waals surface area contributed by atoms with Gasteiger partial charge < -0.3 is 4.74 Å². The molecule has 0 unspecified atom stereocenters. The molecule has 1 atom stereocenters. The third-order valence-corrected chi connectivity index (χ3v) is 5.36. The van der Waals surface area contributed by atoms with Crippen molar-refractivity contribution in [2.24, 2.45) is 0 Å². The monoisotopic (exact) mass is 347 g/mol. The molecule has 0 spiro atoms. The molecule has 5 nitrogen and oxygen atoms in total. The molecule has 0 N–H and O–H groups in total. The highest BCUT2D eigenvalue weighted by Gasteiger charge is 2.16. The summed E-state index contributed by atoms with van der Waals surface area (Å²) in [5.41, 5.74) is 0.696. The van der Waals surface area contributed by atoms with Gasteiger partial charge in [-0.15, -0.1) is 11.3 Å². The molecule has 0 aliphatic carbocycles. The molecule has 2 heterocycles. The van der Waals surface area contributed by atoms with Gasteiger partial charge >= 0.3 is 0 Å². The topological polar surface area (TPSA) is 57.0 Å². The van der Waals surface area contributed by atoms with Gasteiger partial charge in [0, 0.05) is 18.7 Å². The SMILES string of the molecule is COC[C@@H](C)n1c(SCc2nccs2)nc2ccccc2c1=O. The minimum Gasteiger partial charge on any atom is -0.383 e. The Kier molecular flexibility index (Phi) is 5.09. The minimum atomic E-state index is -0.0802. The zero-order valence-electron chi connectivity index (χ0n) is 12.9. The number of thioether (sulfide) groups is 1. The maximum absolute atomic E-state index is 12.9. The van der Waals surface area contributed by atoms with Gasteiger partial charge in [0.15, 0.2) is 5.16 Å². The third-order valence-electron chi connectivity index (χ3n) is 3.43. The fourth-order valence-electron chi connectivity index (χ4n) is 2.38. The van der Waals surface area contributed by atoms with Crippen LogP contribution in [0.1, 0.15) is 18.0 Å². The van der Waals surface area contributed by atoms with Crippen molar-refractivity contribution in [2.75, 3.05) is 13.7 Å². The highest BCUT2D eigenvalue weighted by molar-refractivity contribution is 7.98. The number of aromatic nitrogens is 3. The summed E-state index contributed by atoms with van der Waals surface area (Å²) in [4.78, 5) is 21.8. The van der Waals surface area contributed by atoms with E-state index in [1.54, 1.807) is 29.2 Å². The number of para-hydroxylation sites is 1. The van der Waals surface area contributed by atoms with Gasteiger partial charge in [0.1, 0.15) is 5.01 Å². The number of thiazole rings is 1. The molecule has 0 amide bonds. The van der Waals surface area contributed by atoms with Crippen LogP contribution < -0.4 is 5.56 Å². The zero-order chi connectivity index (χ0) is 16.2. The lowest BCUT2D eigenvalue weighted by Crippen LogP contribution is -2.28. The van der Waals surface area contributed by atoms with Crippen LogP contribution >= 0.6 is 23.1 Å². The van der Waals surface area contributed by atoms with E-state index in [1.807, 2.05) is 36.6 Å². The van der Waals surface area contributed by atoms with Crippen LogP contribution in [0.15, 0.2) is 45.8 Å². The van der Waals surface area contributed by atoms with Gasteiger partial charge in [-0.2, -0.15) is 0 Å². The number of nitrogens with zero attached hydrogens (tertiary/aromatic N) is 3. The molecule has 0 saturated heterocycles. The molecule has 120 valence electrons. The minimum absolute atomic E-state index is 0.0261. The van der Waals surface area contributed by atoms with Gasteiger partial charge in [-0.3, -0.25) is 9.36 Å². The van der Waals surface area contributed by atoms with E-state index in [9.17, 15) is 4.79 Å². The molecular weight excluding hydrogens is 330 g/mol. The first-order valence-corrected chi connectivity index (χ1v) is 9.08. The van der Waals surface area contributed by atoms with Crippen molar-refractivity contribution in [2.45, 2.75) is 23.9 Å². The van der Waals surface area contributed by atoms with Gasteiger partial charge in [0.05, 0.1) is 29.3 Å². The molecule has 0 saturated carbocycles. The summed E-state index contributed by atoms with van der Waals surface area (Å²) < 4.78 is 6.95. The van der Waals surface area contributed by atoms with Crippen LogP contribution in [0.2, 0.25) is 0 Å². The van der Waals surface area contributed by atoms with Crippen LogP contribution in [0.4, 0.5) is 0 Å². The van der Waals surface area contributed by atoms with Crippen molar-refractivity contribution >= 4 is 34.0 Å². The summed E-state index contributed by atoms with van der Waals surface area (Å²) in [6.07, 6.45) is 1.79. The predicted molar refractivity (Wildman–Crippen MR) is 94.3 cm³/mol. The molecule has 3 aromatic rings. The number of methoxy groups -OCH3 is 1. The Morgan fingerprint density at radius 3 is 2.96 bits per heavy atom. The first-order chi connectivity index (χ1) is 11.2. The Morgan fingerprint density at radius 2 is 2.22 bits per heavy atom. The van der Waals surface area contributed by atoms with E-state index in [-0.39, 0.29) is 11.6 Å². The first-order valence-electron chi connectivity index (χ1n) is 7.22. The lowest BCUT2D eigenvalue weighted by molar-refractivity contribution is 0.156. The highest BCUT2D eigenvalue weighted by atomic mass is 32.2. The molecule has 0 fully saturated rings. The summed E-state index contributed by atoms with van der Waals surface area (Å²) >= 11 is 3.13. The van der Waals surface area contributed by atoms with Gasteiger partial charge in [-0.05, 0) is 19.1 Å². The molecule has 0 bridgehead atoms. The van der Waals surface area contributed by atoms with Gasteiger partial charge in [-0.25, -0.2) is 9.97 Å². The van der Waals surface area contributed by atoms with E-state index in [4.69, 9.17) is 4.74 Å². The summed E-state index contributed by atoms with van der Waals surface area (Å²) in [6.45, 7) is 2.43. The average molecular weight is 347 g/mol. The van der Waals surface area contributed by atoms with Crippen molar-refractivity contribution in [1.82, 2.24) is 14.5 Å². The number of rotatable bonds is 6. The van der Waals surface area contributed by atoms with Crippen LogP contribution in [0, 0.1) is 0 Å². The van der Waals surface area contributed by atoms with Crippen molar-refractivity contribution in [3.05, 3.63) is 51.2 Å². The van der Waals surface area contributed by atoms with Crippen molar-refractivity contribution in [3.63, 3.8) is 0 Å². The predicted octanol–water partition coefficient (Wildman–Crippen LogP) is 3.35. The lowest BCUT2D eigenvalue weighted by Gasteiger charge is -2.18. The van der Waals surface area contributed by atoms with Crippen LogP contribution in [0.5, 0.6) is 0 Å². The fraction of sp³-hybridized carbons (Fsp3) is 0.312. The number of benzene rings is 1. The molecule has 3 rings (SSSR count). The summed E-state index contributed by atoms with van der Waals surface area (Å²) in [5, 5.41) is 4.30. The van der Waals surface area contributed by atoms with E-state index in [0.717, 1.165) is 10.5 Å². The Labute approximate surface area is 142 Å². The molecule has 2 aromatic heterocycles. The number of hydrogen-bond donors (Lipinski definition) is 0. The second-order valence-corrected chi connectivity index (χ2v) is 7.03. The fourth-order valence-corrected chi connectivity index (χ4v) is 4.12. The number of hydrogen-bond acceptors (Lipinski definition) is 6. The molecular formula is C16H17N3O2S2. The second-order valence-electron chi connectivity index (χ2n) is 5.11. The maximum Gasteiger partial charge on any atom is 0.262 e. The summed E-state index contributed by atoms with van der Waals surface area (Å²) in [5.74, 6) is 0.697. The highest BCUT2D eigenvalue weighted by Crippen LogP contribution is 2.25. The summed E-state index contributed by atoms with van der Waals surface area (Å²) in [7, 11) is 1.64. The van der Waals surface area contributed by atoms with Crippen molar-refractivity contribution in [1.29, 1.82) is 0 Å². The Morgan fingerprint density at radius 1 is 1.39 bits per heavy atom. The Balaban J connectivity index is 2.05. The average Bonchev–Trinajstić information content (AvgIpc) is 3.06. The molecule has 23 heavy (non-hydrogen) atoms. The van der Waals surface area contributed by atoms with E-state index in [0.29, 0.717) is 22.9 Å². The van der Waals surface area contributed by atoms with Crippen molar-refractivity contribution in [3.8, 4) is 0 Å². The van der Waals surface area contributed by atoms with Gasteiger partial charge in [0.2, 0.25) is 0 Å². The zero-order valence-corrected chi connectivity index (χ0v) is 14.6. The van der Waals surface area contributed by atoms with Gasteiger partial charge in [-0.1, -0.05) is 23.9 Å². The Bertz CT molecular complexity index is 846. The number of fused-ring (bicyclic) bond motifs is 1. The van der Waals surface area contributed by atoms with Crippen LogP contribution in [-0.4, -0.2) is 28.3 Å². The molecule has 0 aliphatic rings. The van der Waals surface area contributed by atoms with Crippen molar-refractivity contribution < 1.29 is 4.74 Å². The standard InChI is InChI=1S/C16H17N3O2S2/c1-11(9-21-2)19-15(20)12-5-3-4-6-13(12)18-16(19)23-10-14-17-7-8-22-14/h3-8,11H,9-10H2,1-2H3/t11-/m1/s1. The Hall–Kier alpha value is -1.70. The summed E-state index contributed by atoms with van der Waals surface area (Å²) in [6, 6.07) is 7.36. The smallest absolute Gasteiger partial charge is 0.262 e. The van der Waals surface area contributed by atoms with Gasteiger partial charge in [0.25, 0.3) is 5.56 Å².